The molecule has 0 atom stereocenters. The van der Waals surface area contributed by atoms with Crippen LogP contribution in [0.1, 0.15) is 21.6 Å². The van der Waals surface area contributed by atoms with Crippen molar-refractivity contribution in [3.63, 3.8) is 0 Å². The molecule has 0 fully saturated rings. The molecule has 0 saturated carbocycles. The zero-order chi connectivity index (χ0) is 16.4. The summed E-state index contributed by atoms with van der Waals surface area (Å²) < 4.78 is 2.17. The number of anilines is 1. The van der Waals surface area contributed by atoms with E-state index in [0.29, 0.717) is 28.0 Å². The molecule has 7 heteroatoms. The zero-order valence-electron chi connectivity index (χ0n) is 12.6. The highest BCUT2D eigenvalue weighted by atomic mass is 79.9. The van der Waals surface area contributed by atoms with Crippen molar-refractivity contribution in [1.29, 1.82) is 0 Å². The van der Waals surface area contributed by atoms with Gasteiger partial charge in [-0.15, -0.1) is 0 Å². The lowest BCUT2D eigenvalue weighted by molar-refractivity contribution is 0.102. The van der Waals surface area contributed by atoms with Gasteiger partial charge in [-0.1, -0.05) is 12.1 Å². The molecule has 0 aliphatic rings. The third-order valence-corrected chi connectivity index (χ3v) is 4.14. The molecule has 118 valence electrons. The second-order valence-corrected chi connectivity index (χ2v) is 6.04. The number of aryl methyl sites for hydroxylation is 1. The number of nitrogens with one attached hydrogen (secondary N) is 1. The van der Waals surface area contributed by atoms with Crippen molar-refractivity contribution in [1.82, 2.24) is 14.6 Å². The van der Waals surface area contributed by atoms with Gasteiger partial charge in [-0.05, 0) is 59.1 Å². The number of aromatic nitrogens is 3. The SMILES string of the molecule is Cc1cnc2c(Br)c(C(=O)Nc3ccc(CCN)cc3)nn2c1. The minimum atomic E-state index is -0.286. The molecule has 0 unspecified atom stereocenters. The standard InChI is InChI=1S/C16H16BrN5O/c1-10-8-19-15-13(17)14(21-22(15)9-10)16(23)20-12-4-2-11(3-5-12)6-7-18/h2-5,8-9H,6-7,18H2,1H3,(H,20,23). The van der Waals surface area contributed by atoms with E-state index in [0.717, 1.165) is 17.5 Å². The van der Waals surface area contributed by atoms with Crippen LogP contribution in [0.15, 0.2) is 41.1 Å². The number of rotatable bonds is 4. The minimum absolute atomic E-state index is 0.286. The van der Waals surface area contributed by atoms with E-state index in [9.17, 15) is 4.79 Å². The molecule has 3 N–H and O–H groups in total. The van der Waals surface area contributed by atoms with Crippen molar-refractivity contribution in [2.75, 3.05) is 11.9 Å². The number of carbonyl (C=O) groups is 1. The quantitative estimate of drug-likeness (QED) is 0.735. The van der Waals surface area contributed by atoms with Gasteiger partial charge in [0.1, 0.15) is 0 Å². The van der Waals surface area contributed by atoms with Crippen LogP contribution in [-0.2, 0) is 6.42 Å². The Morgan fingerprint density at radius 3 is 2.78 bits per heavy atom. The molecule has 2 aromatic heterocycles. The largest absolute Gasteiger partial charge is 0.330 e. The first-order chi connectivity index (χ1) is 11.1. The molecule has 6 nitrogen and oxygen atoms in total. The van der Waals surface area contributed by atoms with Crippen LogP contribution in [0.2, 0.25) is 0 Å². The molecule has 0 bridgehead atoms. The minimum Gasteiger partial charge on any atom is -0.330 e. The summed E-state index contributed by atoms with van der Waals surface area (Å²) in [5.74, 6) is -0.286. The van der Waals surface area contributed by atoms with Gasteiger partial charge in [-0.25, -0.2) is 9.50 Å². The van der Waals surface area contributed by atoms with E-state index >= 15 is 0 Å². The molecule has 1 amide bonds. The first kappa shape index (κ1) is 15.6. The highest BCUT2D eigenvalue weighted by Gasteiger charge is 2.18. The molecular formula is C16H16BrN5O. The van der Waals surface area contributed by atoms with E-state index < -0.39 is 0 Å². The average Bonchev–Trinajstić information content (AvgIpc) is 2.86. The molecule has 3 rings (SSSR count). The van der Waals surface area contributed by atoms with Gasteiger partial charge in [-0.2, -0.15) is 5.10 Å². The monoisotopic (exact) mass is 373 g/mol. The van der Waals surface area contributed by atoms with Crippen molar-refractivity contribution in [3.8, 4) is 0 Å². The second-order valence-electron chi connectivity index (χ2n) is 5.25. The van der Waals surface area contributed by atoms with Crippen molar-refractivity contribution in [2.24, 2.45) is 5.73 Å². The van der Waals surface area contributed by atoms with Crippen LogP contribution < -0.4 is 11.1 Å². The lowest BCUT2D eigenvalue weighted by Crippen LogP contribution is -2.13. The Bertz CT molecular complexity index is 857. The molecule has 0 aliphatic heterocycles. The fourth-order valence-electron chi connectivity index (χ4n) is 2.26. The molecular weight excluding hydrogens is 358 g/mol. The number of halogens is 1. The fraction of sp³-hybridized carbons (Fsp3) is 0.188. The number of nitrogens with two attached hydrogens (primary N) is 1. The number of carbonyl (C=O) groups excluding carboxylic acids is 1. The smallest absolute Gasteiger partial charge is 0.277 e. The number of hydrogen-bond acceptors (Lipinski definition) is 4. The maximum atomic E-state index is 12.4. The topological polar surface area (TPSA) is 85.3 Å². The van der Waals surface area contributed by atoms with E-state index in [1.54, 1.807) is 10.7 Å². The van der Waals surface area contributed by atoms with E-state index in [-0.39, 0.29) is 5.91 Å². The van der Waals surface area contributed by atoms with Gasteiger partial charge in [0, 0.05) is 18.1 Å². The molecule has 0 radical (unpaired) electrons. The Labute approximate surface area is 141 Å². The van der Waals surface area contributed by atoms with Crippen LogP contribution >= 0.6 is 15.9 Å². The summed E-state index contributed by atoms with van der Waals surface area (Å²) in [6, 6.07) is 7.61. The van der Waals surface area contributed by atoms with E-state index in [1.165, 1.54) is 0 Å². The summed E-state index contributed by atoms with van der Waals surface area (Å²) in [5.41, 5.74) is 9.26. The average molecular weight is 374 g/mol. The first-order valence-electron chi connectivity index (χ1n) is 7.19. The predicted molar refractivity (Wildman–Crippen MR) is 92.6 cm³/mol. The second kappa shape index (κ2) is 6.47. The maximum Gasteiger partial charge on any atom is 0.277 e. The highest BCUT2D eigenvalue weighted by Crippen LogP contribution is 2.22. The summed E-state index contributed by atoms with van der Waals surface area (Å²) in [4.78, 5) is 16.7. The lowest BCUT2D eigenvalue weighted by atomic mass is 10.1. The maximum absolute atomic E-state index is 12.4. The normalized spacial score (nSPS) is 10.9. The molecule has 1 aromatic carbocycles. The number of amides is 1. The molecule has 3 aromatic rings. The molecule has 0 spiro atoms. The van der Waals surface area contributed by atoms with Gasteiger partial charge >= 0.3 is 0 Å². The van der Waals surface area contributed by atoms with E-state index in [1.807, 2.05) is 37.4 Å². The summed E-state index contributed by atoms with van der Waals surface area (Å²) in [5, 5.41) is 7.14. The van der Waals surface area contributed by atoms with Crippen LogP contribution in [0.25, 0.3) is 5.65 Å². The van der Waals surface area contributed by atoms with Gasteiger partial charge in [0.2, 0.25) is 0 Å². The lowest BCUT2D eigenvalue weighted by Gasteiger charge is -2.05. The third-order valence-electron chi connectivity index (χ3n) is 3.41. The van der Waals surface area contributed by atoms with Crippen LogP contribution in [0.4, 0.5) is 5.69 Å². The van der Waals surface area contributed by atoms with Gasteiger partial charge in [0.05, 0.1) is 4.47 Å². The Morgan fingerprint density at radius 1 is 1.35 bits per heavy atom. The Kier molecular flexibility index (Phi) is 4.40. The van der Waals surface area contributed by atoms with Crippen LogP contribution in [-0.4, -0.2) is 27.0 Å². The van der Waals surface area contributed by atoms with Gasteiger partial charge in [0.15, 0.2) is 11.3 Å². The summed E-state index contributed by atoms with van der Waals surface area (Å²) in [7, 11) is 0. The summed E-state index contributed by atoms with van der Waals surface area (Å²) in [6.07, 6.45) is 4.38. The Morgan fingerprint density at radius 2 is 2.09 bits per heavy atom. The fourth-order valence-corrected chi connectivity index (χ4v) is 2.80. The van der Waals surface area contributed by atoms with E-state index in [2.05, 4.69) is 31.3 Å². The van der Waals surface area contributed by atoms with E-state index in [4.69, 9.17) is 5.73 Å². The number of nitrogens with zero attached hydrogens (tertiary/aromatic N) is 3. The van der Waals surface area contributed by atoms with Crippen molar-refractivity contribution in [3.05, 3.63) is 58.0 Å². The number of benzene rings is 1. The Balaban J connectivity index is 1.84. The van der Waals surface area contributed by atoms with Gasteiger partial charge in [-0.3, -0.25) is 4.79 Å². The first-order valence-corrected chi connectivity index (χ1v) is 7.98. The van der Waals surface area contributed by atoms with Crippen molar-refractivity contribution >= 4 is 33.2 Å². The number of fused-ring (bicyclic) bond motifs is 1. The number of hydrogen-bond donors (Lipinski definition) is 2. The third kappa shape index (κ3) is 3.25. The molecule has 23 heavy (non-hydrogen) atoms. The highest BCUT2D eigenvalue weighted by molar-refractivity contribution is 9.10. The predicted octanol–water partition coefficient (Wildman–Crippen LogP) is 2.55. The van der Waals surface area contributed by atoms with Crippen LogP contribution in [0, 0.1) is 6.92 Å². The molecule has 0 aliphatic carbocycles. The zero-order valence-corrected chi connectivity index (χ0v) is 14.2. The van der Waals surface area contributed by atoms with Gasteiger partial charge in [0.25, 0.3) is 5.91 Å². The van der Waals surface area contributed by atoms with Crippen molar-refractivity contribution in [2.45, 2.75) is 13.3 Å². The molecule has 2 heterocycles. The summed E-state index contributed by atoms with van der Waals surface area (Å²) in [6.45, 7) is 2.52. The van der Waals surface area contributed by atoms with Crippen molar-refractivity contribution < 1.29 is 4.79 Å². The molecule has 0 saturated heterocycles. The van der Waals surface area contributed by atoms with Crippen LogP contribution in [0.5, 0.6) is 0 Å². The van der Waals surface area contributed by atoms with Gasteiger partial charge < -0.3 is 11.1 Å². The van der Waals surface area contributed by atoms with Crippen LogP contribution in [0.3, 0.4) is 0 Å². The summed E-state index contributed by atoms with van der Waals surface area (Å²) >= 11 is 3.40. The Hall–Kier alpha value is -2.25.